The Kier molecular flexibility index (Phi) is 8.30. The van der Waals surface area contributed by atoms with Gasteiger partial charge in [-0.3, -0.25) is 9.89 Å². The number of aliphatic imine (C=N–C) groups is 1. The molecule has 1 fully saturated rings. The van der Waals surface area contributed by atoms with E-state index in [4.69, 9.17) is 16.3 Å². The number of amidine groups is 1. The summed E-state index contributed by atoms with van der Waals surface area (Å²) >= 11 is 7.07. The summed E-state index contributed by atoms with van der Waals surface area (Å²) in [5, 5.41) is 11.0. The maximum Gasteiger partial charge on any atom is 0.416 e. The molecule has 0 bridgehead atoms. The number of H-pyrrole nitrogens is 1. The van der Waals surface area contributed by atoms with Crippen molar-refractivity contribution in [2.24, 2.45) is 4.99 Å². The fourth-order valence-corrected chi connectivity index (χ4v) is 6.15. The minimum Gasteiger partial charge on any atom is -0.444 e. The van der Waals surface area contributed by atoms with E-state index in [1.807, 2.05) is 4.90 Å². The van der Waals surface area contributed by atoms with E-state index in [2.05, 4.69) is 20.5 Å². The zero-order valence-electron chi connectivity index (χ0n) is 23.1. The van der Waals surface area contributed by atoms with E-state index >= 15 is 0 Å². The molecule has 2 aromatic carbocycles. The zero-order valence-corrected chi connectivity index (χ0v) is 24.7. The number of aromatic amines is 1. The van der Waals surface area contributed by atoms with Crippen molar-refractivity contribution in [3.8, 4) is 0 Å². The summed E-state index contributed by atoms with van der Waals surface area (Å²) in [5.41, 5.74) is 0.332. The molecule has 2 aliphatic heterocycles. The number of nitrogens with one attached hydrogen (secondary N) is 2. The number of carbonyl (C=O) groups is 2. The number of aromatic nitrogens is 2. The third-order valence-corrected chi connectivity index (χ3v) is 8.27. The summed E-state index contributed by atoms with van der Waals surface area (Å²) in [6, 6.07) is 8.90. The van der Waals surface area contributed by atoms with Gasteiger partial charge in [0.05, 0.1) is 22.2 Å². The Bertz CT molecular complexity index is 1590. The van der Waals surface area contributed by atoms with Crippen LogP contribution in [0.15, 0.2) is 52.5 Å². The second kappa shape index (κ2) is 11.6. The summed E-state index contributed by atoms with van der Waals surface area (Å²) in [4.78, 5) is 32.0. The van der Waals surface area contributed by atoms with Gasteiger partial charge in [-0.2, -0.15) is 23.3 Å². The van der Waals surface area contributed by atoms with E-state index in [0.717, 1.165) is 28.7 Å². The number of ether oxygens (including phenoxy) is 1. The standard InChI is InChI=1S/C29H29ClF3N5O3S/c1-28(2,3)41-27(40)35-20-8-10-38(11-9-20)26-36-25(39)24(42-26)21(16-5-7-23-18(12-16)15-34-37-23)13-17-4-6-19(30)14-22(17)29(31,32)33/h4-7,12,14-15,20H,8-11,13H2,1-3H3,(H,34,37)(H,35,40). The highest BCUT2D eigenvalue weighted by molar-refractivity contribution is 8.18. The van der Waals surface area contributed by atoms with Crippen LogP contribution in [0, 0.1) is 0 Å². The molecule has 8 nitrogen and oxygen atoms in total. The minimum absolute atomic E-state index is 0.00225. The molecule has 2 N–H and O–H groups in total. The van der Waals surface area contributed by atoms with Crippen molar-refractivity contribution in [3.63, 3.8) is 0 Å². The molecule has 3 heterocycles. The number of likely N-dealkylation sites (tertiary alicyclic amines) is 1. The molecule has 0 atom stereocenters. The van der Waals surface area contributed by atoms with Gasteiger partial charge in [0, 0.05) is 29.5 Å². The molecule has 0 unspecified atom stereocenters. The first-order valence-corrected chi connectivity index (χ1v) is 14.5. The lowest BCUT2D eigenvalue weighted by molar-refractivity contribution is -0.138. The normalized spacial score (nSPS) is 17.9. The number of nitrogens with zero attached hydrogens (tertiary/aromatic N) is 3. The van der Waals surface area contributed by atoms with E-state index in [9.17, 15) is 22.8 Å². The maximum absolute atomic E-state index is 14.0. The first kappa shape index (κ1) is 30.0. The predicted molar refractivity (Wildman–Crippen MR) is 157 cm³/mol. The Hall–Kier alpha value is -3.51. The van der Waals surface area contributed by atoms with Gasteiger partial charge in [0.25, 0.3) is 5.91 Å². The van der Waals surface area contributed by atoms with Crippen LogP contribution in [-0.2, 0) is 22.1 Å². The lowest BCUT2D eigenvalue weighted by atomic mass is 9.93. The lowest BCUT2D eigenvalue weighted by Crippen LogP contribution is -2.47. The number of allylic oxidation sites excluding steroid dienone is 1. The number of halogens is 4. The number of thioether (sulfide) groups is 1. The van der Waals surface area contributed by atoms with Crippen molar-refractivity contribution >= 4 is 57.0 Å². The van der Waals surface area contributed by atoms with Crippen LogP contribution in [0.3, 0.4) is 0 Å². The van der Waals surface area contributed by atoms with Crippen LogP contribution >= 0.6 is 23.4 Å². The predicted octanol–water partition coefficient (Wildman–Crippen LogP) is 6.81. The van der Waals surface area contributed by atoms with Crippen LogP contribution in [0.2, 0.25) is 5.02 Å². The van der Waals surface area contributed by atoms with Gasteiger partial charge >= 0.3 is 12.3 Å². The van der Waals surface area contributed by atoms with Crippen molar-refractivity contribution in [2.45, 2.75) is 57.9 Å². The number of amides is 2. The first-order valence-electron chi connectivity index (χ1n) is 13.3. The fourth-order valence-electron chi connectivity index (χ4n) is 4.91. The Morgan fingerprint density at radius 3 is 2.60 bits per heavy atom. The zero-order chi connectivity index (χ0) is 30.2. The second-order valence-electron chi connectivity index (χ2n) is 11.2. The third kappa shape index (κ3) is 6.92. The number of carbonyl (C=O) groups excluding carboxylic acids is 2. The molecule has 1 aromatic heterocycles. The molecule has 2 amide bonds. The molecule has 0 saturated carbocycles. The molecule has 3 aromatic rings. The first-order chi connectivity index (χ1) is 19.8. The molecule has 222 valence electrons. The summed E-state index contributed by atoms with van der Waals surface area (Å²) in [7, 11) is 0. The van der Waals surface area contributed by atoms with E-state index < -0.39 is 29.3 Å². The van der Waals surface area contributed by atoms with Gasteiger partial charge in [0.2, 0.25) is 0 Å². The Balaban J connectivity index is 1.41. The maximum atomic E-state index is 14.0. The van der Waals surface area contributed by atoms with Crippen molar-refractivity contribution in [1.82, 2.24) is 20.4 Å². The van der Waals surface area contributed by atoms with Gasteiger partial charge in [-0.25, -0.2) is 4.79 Å². The average Bonchev–Trinajstić information content (AvgIpc) is 3.53. The van der Waals surface area contributed by atoms with Crippen LogP contribution in [0.5, 0.6) is 0 Å². The summed E-state index contributed by atoms with van der Waals surface area (Å²) in [5.74, 6) is -0.506. The van der Waals surface area contributed by atoms with Gasteiger partial charge in [-0.05, 0) is 92.8 Å². The van der Waals surface area contributed by atoms with Gasteiger partial charge in [0.15, 0.2) is 5.17 Å². The Morgan fingerprint density at radius 2 is 1.90 bits per heavy atom. The highest BCUT2D eigenvalue weighted by Crippen LogP contribution is 2.41. The molecule has 0 radical (unpaired) electrons. The molecule has 42 heavy (non-hydrogen) atoms. The van der Waals surface area contributed by atoms with Crippen LogP contribution in [-0.4, -0.2) is 57.0 Å². The van der Waals surface area contributed by atoms with Crippen LogP contribution < -0.4 is 5.32 Å². The van der Waals surface area contributed by atoms with Crippen LogP contribution in [0.4, 0.5) is 18.0 Å². The topological polar surface area (TPSA) is 99.7 Å². The van der Waals surface area contributed by atoms with E-state index in [0.29, 0.717) is 42.2 Å². The molecule has 1 saturated heterocycles. The molecular weight excluding hydrogens is 591 g/mol. The second-order valence-corrected chi connectivity index (χ2v) is 12.6. The monoisotopic (exact) mass is 619 g/mol. The summed E-state index contributed by atoms with van der Waals surface area (Å²) < 4.78 is 47.3. The number of piperidine rings is 1. The van der Waals surface area contributed by atoms with Gasteiger partial charge in [-0.15, -0.1) is 0 Å². The van der Waals surface area contributed by atoms with Crippen LogP contribution in [0.1, 0.15) is 50.3 Å². The van der Waals surface area contributed by atoms with Crippen molar-refractivity contribution in [1.29, 1.82) is 0 Å². The minimum atomic E-state index is -4.63. The summed E-state index contributed by atoms with van der Waals surface area (Å²) in [6.07, 6.45) is -2.41. The number of alkyl halides is 3. The quantitative estimate of drug-likeness (QED) is 0.311. The summed E-state index contributed by atoms with van der Waals surface area (Å²) in [6.45, 7) is 6.47. The number of hydrogen-bond acceptors (Lipinski definition) is 6. The number of rotatable bonds is 4. The smallest absolute Gasteiger partial charge is 0.416 e. The van der Waals surface area contributed by atoms with Gasteiger partial charge in [-0.1, -0.05) is 23.7 Å². The fraction of sp³-hybridized carbons (Fsp3) is 0.379. The number of benzene rings is 2. The SMILES string of the molecule is CC(C)(C)OC(=O)NC1CCN(C2=NC(=O)C(=C(Cc3ccc(Cl)cc3C(F)(F)F)c3ccc4[nH]ncc4c3)S2)CC1. The van der Waals surface area contributed by atoms with Gasteiger partial charge in [0.1, 0.15) is 5.60 Å². The number of hydrogen-bond donors (Lipinski definition) is 2. The molecule has 0 aliphatic carbocycles. The number of alkyl carbamates (subject to hydrolysis) is 1. The molecular formula is C29H29ClF3N5O3S. The third-order valence-electron chi connectivity index (χ3n) is 6.88. The van der Waals surface area contributed by atoms with Crippen LogP contribution in [0.25, 0.3) is 16.5 Å². The highest BCUT2D eigenvalue weighted by atomic mass is 35.5. The van der Waals surface area contributed by atoms with Crippen molar-refractivity contribution in [2.75, 3.05) is 13.1 Å². The van der Waals surface area contributed by atoms with E-state index in [-0.39, 0.29) is 28.0 Å². The van der Waals surface area contributed by atoms with Crippen molar-refractivity contribution in [3.05, 3.63) is 69.2 Å². The highest BCUT2D eigenvalue weighted by Gasteiger charge is 2.36. The van der Waals surface area contributed by atoms with E-state index in [1.165, 1.54) is 12.1 Å². The average molecular weight is 620 g/mol. The van der Waals surface area contributed by atoms with E-state index in [1.54, 1.807) is 45.2 Å². The van der Waals surface area contributed by atoms with Gasteiger partial charge < -0.3 is 15.0 Å². The Morgan fingerprint density at radius 1 is 1.17 bits per heavy atom. The lowest BCUT2D eigenvalue weighted by Gasteiger charge is -2.33. The number of fused-ring (bicyclic) bond motifs is 1. The van der Waals surface area contributed by atoms with Crippen molar-refractivity contribution < 1.29 is 27.5 Å². The molecule has 13 heteroatoms. The molecule has 5 rings (SSSR count). The largest absolute Gasteiger partial charge is 0.444 e. The molecule has 0 spiro atoms. The molecule has 2 aliphatic rings. The Labute approximate surface area is 249 Å².